The highest BCUT2D eigenvalue weighted by Crippen LogP contribution is 2.18. The number of rotatable bonds is 7. The minimum absolute atomic E-state index is 0.562. The molecule has 6 heteroatoms. The Kier molecular flexibility index (Phi) is 6.30. The number of nitrogens with one attached hydrogen (secondary N) is 2. The quantitative estimate of drug-likeness (QED) is 0.499. The number of aromatic nitrogens is 2. The number of methoxy groups -OCH3 is 1. The van der Waals surface area contributed by atoms with Crippen molar-refractivity contribution in [2.24, 2.45) is 4.99 Å². The summed E-state index contributed by atoms with van der Waals surface area (Å²) in [7, 11) is 1.68. The third kappa shape index (κ3) is 4.58. The Bertz CT molecular complexity index is 916. The van der Waals surface area contributed by atoms with Crippen molar-refractivity contribution < 1.29 is 4.74 Å². The second kappa shape index (κ2) is 9.07. The topological polar surface area (TPSA) is 63.5 Å². The minimum Gasteiger partial charge on any atom is -0.496 e. The SMILES string of the molecule is CCNC(=NCc1ccccc1OC)NCCn1c(C)nc2ccccc21. The van der Waals surface area contributed by atoms with Gasteiger partial charge in [-0.1, -0.05) is 30.3 Å². The first-order chi connectivity index (χ1) is 13.2. The number of aryl methyl sites for hydroxylation is 1. The van der Waals surface area contributed by atoms with E-state index in [9.17, 15) is 0 Å². The second-order valence-electron chi connectivity index (χ2n) is 6.23. The number of hydrogen-bond donors (Lipinski definition) is 2. The summed E-state index contributed by atoms with van der Waals surface area (Å²) in [5.74, 6) is 2.68. The number of imidazole rings is 1. The van der Waals surface area contributed by atoms with E-state index in [1.165, 1.54) is 0 Å². The zero-order valence-corrected chi connectivity index (χ0v) is 16.2. The summed E-state index contributed by atoms with van der Waals surface area (Å²) in [5, 5.41) is 6.70. The van der Waals surface area contributed by atoms with Gasteiger partial charge in [0.05, 0.1) is 24.7 Å². The number of guanidine groups is 1. The van der Waals surface area contributed by atoms with Crippen molar-refractivity contribution >= 4 is 17.0 Å². The number of ether oxygens (including phenoxy) is 1. The van der Waals surface area contributed by atoms with Crippen molar-refractivity contribution in [3.63, 3.8) is 0 Å². The summed E-state index contributed by atoms with van der Waals surface area (Å²) in [6.45, 7) is 7.07. The summed E-state index contributed by atoms with van der Waals surface area (Å²) in [5.41, 5.74) is 3.26. The van der Waals surface area contributed by atoms with Gasteiger partial charge in [0.2, 0.25) is 0 Å². The van der Waals surface area contributed by atoms with Gasteiger partial charge in [-0.2, -0.15) is 0 Å². The maximum atomic E-state index is 5.40. The van der Waals surface area contributed by atoms with Crippen LogP contribution < -0.4 is 15.4 Å². The molecule has 0 aliphatic carbocycles. The average molecular weight is 365 g/mol. The number of para-hydroxylation sites is 3. The zero-order chi connectivity index (χ0) is 19.1. The molecule has 27 heavy (non-hydrogen) atoms. The normalized spacial score (nSPS) is 11.6. The number of benzene rings is 2. The van der Waals surface area contributed by atoms with Crippen LogP contribution in [-0.2, 0) is 13.1 Å². The molecular formula is C21H27N5O. The van der Waals surface area contributed by atoms with Crippen LogP contribution in [0.25, 0.3) is 11.0 Å². The summed E-state index contributed by atoms with van der Waals surface area (Å²) in [6.07, 6.45) is 0. The highest BCUT2D eigenvalue weighted by molar-refractivity contribution is 5.80. The molecule has 0 saturated carbocycles. The molecule has 0 bridgehead atoms. The van der Waals surface area contributed by atoms with Crippen molar-refractivity contribution in [2.75, 3.05) is 20.2 Å². The lowest BCUT2D eigenvalue weighted by Crippen LogP contribution is -2.38. The molecule has 0 unspecified atom stereocenters. The van der Waals surface area contributed by atoms with E-state index in [1.54, 1.807) is 7.11 Å². The zero-order valence-electron chi connectivity index (χ0n) is 16.2. The number of hydrogen-bond acceptors (Lipinski definition) is 3. The van der Waals surface area contributed by atoms with Gasteiger partial charge in [0.15, 0.2) is 5.96 Å². The Balaban J connectivity index is 1.65. The third-order valence-electron chi connectivity index (χ3n) is 4.42. The fraction of sp³-hybridized carbons (Fsp3) is 0.333. The molecule has 0 amide bonds. The first-order valence-electron chi connectivity index (χ1n) is 9.29. The molecule has 3 aromatic rings. The van der Waals surface area contributed by atoms with Crippen LogP contribution in [0.1, 0.15) is 18.3 Å². The van der Waals surface area contributed by atoms with Gasteiger partial charge < -0.3 is 19.9 Å². The van der Waals surface area contributed by atoms with E-state index >= 15 is 0 Å². The molecule has 0 spiro atoms. The molecule has 6 nitrogen and oxygen atoms in total. The van der Waals surface area contributed by atoms with Gasteiger partial charge in [0, 0.05) is 25.2 Å². The summed E-state index contributed by atoms with van der Waals surface area (Å²) in [4.78, 5) is 9.30. The molecule has 0 radical (unpaired) electrons. The van der Waals surface area contributed by atoms with E-state index < -0.39 is 0 Å². The highest BCUT2D eigenvalue weighted by atomic mass is 16.5. The average Bonchev–Trinajstić information content (AvgIpc) is 3.01. The molecule has 2 aromatic carbocycles. The van der Waals surface area contributed by atoms with Crippen LogP contribution in [-0.4, -0.2) is 35.7 Å². The standard InChI is InChI=1S/C21H27N5O/c1-4-22-21(24-15-17-9-5-8-12-20(17)27-3)23-13-14-26-16(2)25-18-10-6-7-11-19(18)26/h5-12H,4,13-15H2,1-3H3,(H2,22,23,24). The van der Waals surface area contributed by atoms with Crippen molar-refractivity contribution in [1.82, 2.24) is 20.2 Å². The third-order valence-corrected chi connectivity index (χ3v) is 4.42. The van der Waals surface area contributed by atoms with Gasteiger partial charge in [0.1, 0.15) is 11.6 Å². The highest BCUT2D eigenvalue weighted by Gasteiger charge is 2.07. The largest absolute Gasteiger partial charge is 0.496 e. The van der Waals surface area contributed by atoms with E-state index in [0.717, 1.165) is 53.8 Å². The molecular weight excluding hydrogens is 338 g/mol. The van der Waals surface area contributed by atoms with Gasteiger partial charge >= 0.3 is 0 Å². The van der Waals surface area contributed by atoms with Crippen LogP contribution in [0.2, 0.25) is 0 Å². The predicted molar refractivity (Wildman–Crippen MR) is 110 cm³/mol. The first-order valence-corrected chi connectivity index (χ1v) is 9.29. The molecule has 0 saturated heterocycles. The van der Waals surface area contributed by atoms with Gasteiger partial charge in [-0.25, -0.2) is 9.98 Å². The van der Waals surface area contributed by atoms with E-state index in [2.05, 4.69) is 38.2 Å². The monoisotopic (exact) mass is 365 g/mol. The fourth-order valence-corrected chi connectivity index (χ4v) is 3.10. The Morgan fingerprint density at radius 1 is 1.11 bits per heavy atom. The molecule has 0 aliphatic heterocycles. The number of nitrogens with zero attached hydrogens (tertiary/aromatic N) is 3. The molecule has 1 aromatic heterocycles. The summed E-state index contributed by atoms with van der Waals surface area (Å²) >= 11 is 0. The van der Waals surface area contributed by atoms with Crippen LogP contribution >= 0.6 is 0 Å². The lowest BCUT2D eigenvalue weighted by Gasteiger charge is -2.13. The Morgan fingerprint density at radius 3 is 2.70 bits per heavy atom. The van der Waals surface area contributed by atoms with E-state index in [1.807, 2.05) is 49.4 Å². The lowest BCUT2D eigenvalue weighted by molar-refractivity contribution is 0.410. The smallest absolute Gasteiger partial charge is 0.191 e. The van der Waals surface area contributed by atoms with Crippen LogP contribution in [0.15, 0.2) is 53.5 Å². The lowest BCUT2D eigenvalue weighted by atomic mass is 10.2. The fourth-order valence-electron chi connectivity index (χ4n) is 3.10. The number of fused-ring (bicyclic) bond motifs is 1. The maximum Gasteiger partial charge on any atom is 0.191 e. The molecule has 0 atom stereocenters. The molecule has 2 N–H and O–H groups in total. The minimum atomic E-state index is 0.562. The van der Waals surface area contributed by atoms with Crippen LogP contribution in [0.3, 0.4) is 0 Å². The molecule has 142 valence electrons. The maximum absolute atomic E-state index is 5.40. The Hall–Kier alpha value is -3.02. The molecule has 0 fully saturated rings. The summed E-state index contributed by atoms with van der Waals surface area (Å²) in [6, 6.07) is 16.2. The van der Waals surface area contributed by atoms with Gasteiger partial charge in [-0.3, -0.25) is 0 Å². The first kappa shape index (κ1) is 18.8. The van der Waals surface area contributed by atoms with E-state index in [0.29, 0.717) is 6.54 Å². The Labute approximate surface area is 160 Å². The molecule has 3 rings (SSSR count). The van der Waals surface area contributed by atoms with Crippen LogP contribution in [0.5, 0.6) is 5.75 Å². The van der Waals surface area contributed by atoms with Crippen molar-refractivity contribution in [2.45, 2.75) is 26.9 Å². The summed E-state index contributed by atoms with van der Waals surface area (Å²) < 4.78 is 7.63. The van der Waals surface area contributed by atoms with Crippen LogP contribution in [0, 0.1) is 6.92 Å². The Morgan fingerprint density at radius 2 is 1.89 bits per heavy atom. The van der Waals surface area contributed by atoms with Crippen molar-refractivity contribution in [3.8, 4) is 5.75 Å². The van der Waals surface area contributed by atoms with Gasteiger partial charge in [-0.15, -0.1) is 0 Å². The van der Waals surface area contributed by atoms with Gasteiger partial charge in [0.25, 0.3) is 0 Å². The van der Waals surface area contributed by atoms with Crippen molar-refractivity contribution in [1.29, 1.82) is 0 Å². The number of aliphatic imine (C=N–C) groups is 1. The van der Waals surface area contributed by atoms with Crippen LogP contribution in [0.4, 0.5) is 0 Å². The second-order valence-corrected chi connectivity index (χ2v) is 6.23. The molecule has 0 aliphatic rings. The van der Waals surface area contributed by atoms with E-state index in [-0.39, 0.29) is 0 Å². The molecule has 1 heterocycles. The van der Waals surface area contributed by atoms with E-state index in [4.69, 9.17) is 4.74 Å². The van der Waals surface area contributed by atoms with Gasteiger partial charge in [-0.05, 0) is 32.0 Å². The predicted octanol–water partition coefficient (Wildman–Crippen LogP) is 3.11. The van der Waals surface area contributed by atoms with Crippen molar-refractivity contribution in [3.05, 3.63) is 59.9 Å².